The molecular weight excluding hydrogens is 405 g/mol. The lowest BCUT2D eigenvalue weighted by atomic mass is 10.3. The number of nitrogens with zero attached hydrogens (tertiary/aromatic N) is 1. The number of halogens is 3. The van der Waals surface area contributed by atoms with Gasteiger partial charge in [-0.1, -0.05) is 11.6 Å². The fourth-order valence-corrected chi connectivity index (χ4v) is 2.85. The van der Waals surface area contributed by atoms with Crippen molar-refractivity contribution < 1.29 is 9.53 Å². The summed E-state index contributed by atoms with van der Waals surface area (Å²) in [5.41, 5.74) is 0.722. The molecule has 9 heteroatoms. The predicted molar refractivity (Wildman–Crippen MR) is 108 cm³/mol. The molecule has 1 atom stereocenters. The highest BCUT2D eigenvalue weighted by atomic mass is 35.5. The highest BCUT2D eigenvalue weighted by molar-refractivity contribution is 7.13. The van der Waals surface area contributed by atoms with Crippen molar-refractivity contribution in [2.45, 2.75) is 26.5 Å². The van der Waals surface area contributed by atoms with Crippen molar-refractivity contribution in [2.75, 3.05) is 13.6 Å². The quantitative estimate of drug-likeness (QED) is 0.705. The first-order valence-corrected chi connectivity index (χ1v) is 8.49. The fraction of sp³-hybridized carbons (Fsp3) is 0.375. The topological polar surface area (TPSA) is 63.2 Å². The zero-order chi connectivity index (χ0) is 16.8. The van der Waals surface area contributed by atoms with Crippen LogP contribution in [0.25, 0.3) is 0 Å². The lowest BCUT2D eigenvalue weighted by Gasteiger charge is -2.10. The van der Waals surface area contributed by atoms with Gasteiger partial charge < -0.3 is 15.4 Å². The number of thiazole rings is 1. The standard InChI is InChI=1S/C16H20ClN3O2S.2ClH/c1-10(18-3)8-19-16(21)15-11(2)20-14(23-15)9-22-13-6-4-12(17)5-7-13;;/h4-7,10,18H,8-9H2,1-3H3,(H,19,21);2*1H. The average Bonchev–Trinajstić information content (AvgIpc) is 2.92. The predicted octanol–water partition coefficient (Wildman–Crippen LogP) is 3.87. The molecule has 0 saturated heterocycles. The number of nitrogens with one attached hydrogen (secondary N) is 2. The Hall–Kier alpha value is -1.05. The second-order valence-corrected chi connectivity index (χ2v) is 6.68. The first kappa shape index (κ1) is 23.9. The van der Waals surface area contributed by atoms with E-state index in [1.54, 1.807) is 24.3 Å². The molecule has 2 aromatic rings. The number of benzene rings is 1. The Morgan fingerprint density at radius 3 is 2.56 bits per heavy atom. The lowest BCUT2D eigenvalue weighted by molar-refractivity contribution is 0.0954. The van der Waals surface area contributed by atoms with Gasteiger partial charge in [0.2, 0.25) is 0 Å². The van der Waals surface area contributed by atoms with Gasteiger partial charge in [0.1, 0.15) is 22.2 Å². The van der Waals surface area contributed by atoms with Crippen LogP contribution in [0.4, 0.5) is 0 Å². The summed E-state index contributed by atoms with van der Waals surface area (Å²) >= 11 is 7.19. The molecule has 0 saturated carbocycles. The molecule has 0 bridgehead atoms. The molecule has 5 nitrogen and oxygen atoms in total. The molecule has 1 heterocycles. The van der Waals surface area contributed by atoms with Crippen molar-refractivity contribution >= 4 is 53.7 Å². The van der Waals surface area contributed by atoms with E-state index in [9.17, 15) is 4.79 Å². The lowest BCUT2D eigenvalue weighted by Crippen LogP contribution is -2.37. The number of hydrogen-bond acceptors (Lipinski definition) is 5. The van der Waals surface area contributed by atoms with Crippen LogP contribution in [0, 0.1) is 6.92 Å². The Bertz CT molecular complexity index is 665. The van der Waals surface area contributed by atoms with Crippen LogP contribution in [-0.2, 0) is 6.61 Å². The zero-order valence-corrected chi connectivity index (χ0v) is 17.4. The van der Waals surface area contributed by atoms with Crippen LogP contribution in [0.15, 0.2) is 24.3 Å². The number of aromatic nitrogens is 1. The number of carbonyl (C=O) groups is 1. The molecule has 0 aliphatic heterocycles. The van der Waals surface area contributed by atoms with E-state index in [2.05, 4.69) is 15.6 Å². The van der Waals surface area contributed by atoms with Gasteiger partial charge in [-0.05, 0) is 45.2 Å². The summed E-state index contributed by atoms with van der Waals surface area (Å²) in [5, 5.41) is 7.41. The number of carbonyl (C=O) groups excluding carboxylic acids is 1. The Kier molecular flexibility index (Phi) is 11.1. The third-order valence-electron chi connectivity index (χ3n) is 3.28. The largest absolute Gasteiger partial charge is 0.486 e. The number of ether oxygens (including phenoxy) is 1. The van der Waals surface area contributed by atoms with Gasteiger partial charge in [0.15, 0.2) is 0 Å². The average molecular weight is 427 g/mol. The SMILES string of the molecule is CNC(C)CNC(=O)c1sc(COc2ccc(Cl)cc2)nc1C.Cl.Cl. The summed E-state index contributed by atoms with van der Waals surface area (Å²) < 4.78 is 5.66. The number of rotatable bonds is 7. The number of likely N-dealkylation sites (N-methyl/N-ethyl adjacent to an activating group) is 1. The summed E-state index contributed by atoms with van der Waals surface area (Å²) in [7, 11) is 1.86. The molecule has 1 aromatic carbocycles. The smallest absolute Gasteiger partial charge is 0.263 e. The Labute approximate surface area is 169 Å². The number of hydrogen-bond donors (Lipinski definition) is 2. The van der Waals surface area contributed by atoms with Gasteiger partial charge in [-0.25, -0.2) is 4.98 Å². The molecular formula is C16H22Cl3N3O2S. The van der Waals surface area contributed by atoms with E-state index in [0.29, 0.717) is 23.1 Å². The number of aryl methyl sites for hydroxylation is 1. The van der Waals surface area contributed by atoms with E-state index in [4.69, 9.17) is 16.3 Å². The monoisotopic (exact) mass is 425 g/mol. The summed E-state index contributed by atoms with van der Waals surface area (Å²) in [4.78, 5) is 17.2. The summed E-state index contributed by atoms with van der Waals surface area (Å²) in [6.07, 6.45) is 0. The molecule has 140 valence electrons. The van der Waals surface area contributed by atoms with Crippen molar-refractivity contribution in [1.82, 2.24) is 15.6 Å². The molecule has 0 fully saturated rings. The van der Waals surface area contributed by atoms with Crippen LogP contribution in [0.5, 0.6) is 5.75 Å². The maximum atomic E-state index is 12.2. The van der Waals surface area contributed by atoms with Crippen LogP contribution in [0.2, 0.25) is 5.02 Å². The van der Waals surface area contributed by atoms with Crippen LogP contribution in [-0.4, -0.2) is 30.5 Å². The Balaban J connectivity index is 0.00000288. The van der Waals surface area contributed by atoms with Gasteiger partial charge >= 0.3 is 0 Å². The van der Waals surface area contributed by atoms with Gasteiger partial charge in [-0.2, -0.15) is 0 Å². The molecule has 2 rings (SSSR count). The highest BCUT2D eigenvalue weighted by Crippen LogP contribution is 2.21. The molecule has 0 aliphatic carbocycles. The van der Waals surface area contributed by atoms with Crippen LogP contribution in [0.1, 0.15) is 27.3 Å². The Morgan fingerprint density at radius 2 is 1.96 bits per heavy atom. The van der Waals surface area contributed by atoms with E-state index in [1.165, 1.54) is 11.3 Å². The van der Waals surface area contributed by atoms with Crippen LogP contribution in [0.3, 0.4) is 0 Å². The van der Waals surface area contributed by atoms with E-state index in [1.807, 2.05) is 20.9 Å². The molecule has 0 aliphatic rings. The summed E-state index contributed by atoms with van der Waals surface area (Å²) in [6, 6.07) is 7.36. The van der Waals surface area contributed by atoms with Gasteiger partial charge in [-0.3, -0.25) is 4.79 Å². The molecule has 2 N–H and O–H groups in total. The minimum atomic E-state index is -0.0974. The molecule has 25 heavy (non-hydrogen) atoms. The minimum Gasteiger partial charge on any atom is -0.486 e. The molecule has 0 radical (unpaired) electrons. The molecule has 1 aromatic heterocycles. The van der Waals surface area contributed by atoms with Crippen molar-refractivity contribution in [2.24, 2.45) is 0 Å². The van der Waals surface area contributed by atoms with Crippen molar-refractivity contribution in [3.05, 3.63) is 44.9 Å². The highest BCUT2D eigenvalue weighted by Gasteiger charge is 2.16. The zero-order valence-electron chi connectivity index (χ0n) is 14.2. The van der Waals surface area contributed by atoms with Crippen LogP contribution < -0.4 is 15.4 Å². The molecule has 1 unspecified atom stereocenters. The van der Waals surface area contributed by atoms with Crippen molar-refractivity contribution in [3.63, 3.8) is 0 Å². The first-order chi connectivity index (χ1) is 11.0. The minimum absolute atomic E-state index is 0. The normalized spacial score (nSPS) is 11.0. The second kappa shape index (κ2) is 11.5. The van der Waals surface area contributed by atoms with E-state index in [0.717, 1.165) is 16.5 Å². The fourth-order valence-electron chi connectivity index (χ4n) is 1.83. The van der Waals surface area contributed by atoms with E-state index in [-0.39, 0.29) is 36.8 Å². The Morgan fingerprint density at radius 1 is 1.32 bits per heavy atom. The number of amides is 1. The van der Waals surface area contributed by atoms with Gasteiger partial charge in [0.05, 0.1) is 5.69 Å². The maximum Gasteiger partial charge on any atom is 0.263 e. The summed E-state index contributed by atoms with van der Waals surface area (Å²) in [6.45, 7) is 4.74. The third kappa shape index (κ3) is 7.38. The molecule has 0 spiro atoms. The van der Waals surface area contributed by atoms with Gasteiger partial charge in [0, 0.05) is 17.6 Å². The third-order valence-corrected chi connectivity index (χ3v) is 4.67. The van der Waals surface area contributed by atoms with Gasteiger partial charge in [-0.15, -0.1) is 36.2 Å². The second-order valence-electron chi connectivity index (χ2n) is 5.16. The van der Waals surface area contributed by atoms with Crippen LogP contribution >= 0.6 is 47.8 Å². The summed E-state index contributed by atoms with van der Waals surface area (Å²) in [5.74, 6) is 0.621. The maximum absolute atomic E-state index is 12.2. The van der Waals surface area contributed by atoms with Crippen molar-refractivity contribution in [3.8, 4) is 5.75 Å². The van der Waals surface area contributed by atoms with Gasteiger partial charge in [0.25, 0.3) is 5.91 Å². The first-order valence-electron chi connectivity index (χ1n) is 7.29. The van der Waals surface area contributed by atoms with E-state index >= 15 is 0 Å². The van der Waals surface area contributed by atoms with Crippen molar-refractivity contribution in [1.29, 1.82) is 0 Å². The van der Waals surface area contributed by atoms with E-state index < -0.39 is 0 Å². The molecule has 1 amide bonds.